The van der Waals surface area contributed by atoms with Gasteiger partial charge in [-0.05, 0) is 49.2 Å². The normalized spacial score (nSPS) is 15.8. The number of hydrogen-bond donors (Lipinski definition) is 1. The lowest BCUT2D eigenvalue weighted by Gasteiger charge is -2.21. The molecule has 30 heavy (non-hydrogen) atoms. The van der Waals surface area contributed by atoms with Gasteiger partial charge >= 0.3 is 0 Å². The highest BCUT2D eigenvalue weighted by atomic mass is 32.2. The highest BCUT2D eigenvalue weighted by Gasteiger charge is 2.21. The number of sulfonamides is 1. The van der Waals surface area contributed by atoms with Gasteiger partial charge in [0.2, 0.25) is 5.91 Å². The van der Waals surface area contributed by atoms with Gasteiger partial charge in [0.25, 0.3) is 10.0 Å². The van der Waals surface area contributed by atoms with Crippen molar-refractivity contribution in [3.05, 3.63) is 54.6 Å². The van der Waals surface area contributed by atoms with Gasteiger partial charge in [0, 0.05) is 18.0 Å². The third-order valence-electron chi connectivity index (χ3n) is 5.44. The predicted molar refractivity (Wildman–Crippen MR) is 123 cm³/mol. The maximum atomic E-state index is 12.8. The Hall–Kier alpha value is -1.99. The van der Waals surface area contributed by atoms with Gasteiger partial charge in [0.15, 0.2) is 0 Å². The van der Waals surface area contributed by atoms with Gasteiger partial charge in [-0.15, -0.1) is 11.8 Å². The lowest BCUT2D eigenvalue weighted by atomic mass is 9.97. The van der Waals surface area contributed by atoms with Crippen molar-refractivity contribution in [2.24, 2.45) is 0 Å². The van der Waals surface area contributed by atoms with E-state index < -0.39 is 10.0 Å². The van der Waals surface area contributed by atoms with Crippen LogP contribution in [0.15, 0.2) is 64.4 Å². The number of nitrogens with one attached hydrogen (secondary N) is 1. The van der Waals surface area contributed by atoms with Crippen molar-refractivity contribution in [3.8, 4) is 0 Å². The lowest BCUT2D eigenvalue weighted by Crippen LogP contribution is -2.36. The van der Waals surface area contributed by atoms with E-state index in [1.165, 1.54) is 48.2 Å². The number of amides is 1. The molecule has 0 saturated heterocycles. The molecule has 0 atom stereocenters. The average molecular weight is 447 g/mol. The van der Waals surface area contributed by atoms with Gasteiger partial charge < -0.3 is 5.32 Å². The second kappa shape index (κ2) is 10.9. The molecule has 3 rings (SSSR count). The number of nitrogens with zero attached hydrogens (tertiary/aromatic N) is 1. The number of thioether (sulfide) groups is 1. The second-order valence-electron chi connectivity index (χ2n) is 7.68. The summed E-state index contributed by atoms with van der Waals surface area (Å²) in [7, 11) is -2.07. The maximum Gasteiger partial charge on any atom is 0.264 e. The number of carbonyl (C=O) groups excluding carboxylic acids is 1. The predicted octanol–water partition coefficient (Wildman–Crippen LogP) is 4.83. The molecule has 0 heterocycles. The smallest absolute Gasteiger partial charge is 0.264 e. The van der Waals surface area contributed by atoms with Gasteiger partial charge in [-0.25, -0.2) is 8.42 Å². The van der Waals surface area contributed by atoms with Crippen molar-refractivity contribution >= 4 is 33.4 Å². The maximum absolute atomic E-state index is 12.8. The molecule has 7 heteroatoms. The zero-order valence-corrected chi connectivity index (χ0v) is 19.1. The molecule has 1 aliphatic rings. The van der Waals surface area contributed by atoms with E-state index >= 15 is 0 Å². The summed E-state index contributed by atoms with van der Waals surface area (Å²) < 4.78 is 27.0. The van der Waals surface area contributed by atoms with Crippen LogP contribution in [0.1, 0.15) is 44.9 Å². The van der Waals surface area contributed by atoms with E-state index in [2.05, 4.69) is 5.32 Å². The fourth-order valence-electron chi connectivity index (χ4n) is 3.66. The summed E-state index contributed by atoms with van der Waals surface area (Å²) in [5, 5.41) is 3.16. The monoisotopic (exact) mass is 446 g/mol. The molecule has 0 aliphatic heterocycles. The summed E-state index contributed by atoms with van der Waals surface area (Å²) in [4.78, 5) is 13.4. The second-order valence-corrected chi connectivity index (χ2v) is 10.7. The topological polar surface area (TPSA) is 66.5 Å². The Morgan fingerprint density at radius 3 is 2.20 bits per heavy atom. The van der Waals surface area contributed by atoms with Crippen LogP contribution in [0.25, 0.3) is 0 Å². The minimum absolute atomic E-state index is 0.0473. The number of para-hydroxylation sites is 1. The number of hydrogen-bond acceptors (Lipinski definition) is 4. The Kier molecular flexibility index (Phi) is 8.22. The molecule has 1 aliphatic carbocycles. The van der Waals surface area contributed by atoms with Crippen LogP contribution in [0.5, 0.6) is 0 Å². The largest absolute Gasteiger partial charge is 0.353 e. The third kappa shape index (κ3) is 6.25. The standard InChI is InChI=1S/C23H30N2O3S2/c1-25(20-12-8-5-9-13-20)30(27,28)22-16-14-21(15-17-22)29-18-23(26)24-19-10-6-3-2-4-7-11-19/h5,8-9,12-17,19H,2-4,6-7,10-11,18H2,1H3,(H,24,26). The average Bonchev–Trinajstić information content (AvgIpc) is 2.74. The molecule has 162 valence electrons. The SMILES string of the molecule is CN(c1ccccc1)S(=O)(=O)c1ccc(SCC(=O)NC2CCCCCCC2)cc1. The first-order valence-corrected chi connectivity index (χ1v) is 13.0. The summed E-state index contributed by atoms with van der Waals surface area (Å²) in [5.41, 5.74) is 0.613. The molecule has 2 aromatic rings. The molecule has 0 radical (unpaired) electrons. The number of carbonyl (C=O) groups is 1. The minimum Gasteiger partial charge on any atom is -0.353 e. The number of benzene rings is 2. The fourth-order valence-corrected chi connectivity index (χ4v) is 5.57. The Morgan fingerprint density at radius 1 is 0.967 bits per heavy atom. The van der Waals surface area contributed by atoms with E-state index in [0.717, 1.165) is 17.7 Å². The molecule has 5 nitrogen and oxygen atoms in total. The first-order chi connectivity index (χ1) is 14.5. The molecular weight excluding hydrogens is 416 g/mol. The van der Waals surface area contributed by atoms with Crippen LogP contribution < -0.4 is 9.62 Å². The van der Waals surface area contributed by atoms with Gasteiger partial charge in [0.1, 0.15) is 0 Å². The van der Waals surface area contributed by atoms with E-state index in [0.29, 0.717) is 17.5 Å². The highest BCUT2D eigenvalue weighted by Crippen LogP contribution is 2.25. The van der Waals surface area contributed by atoms with Crippen molar-refractivity contribution in [1.29, 1.82) is 0 Å². The van der Waals surface area contributed by atoms with Gasteiger partial charge in [-0.1, -0.05) is 50.3 Å². The van der Waals surface area contributed by atoms with Crippen molar-refractivity contribution in [3.63, 3.8) is 0 Å². The van der Waals surface area contributed by atoms with Crippen molar-refractivity contribution in [1.82, 2.24) is 5.32 Å². The zero-order chi connectivity index (χ0) is 21.4. The van der Waals surface area contributed by atoms with Crippen LogP contribution in [-0.2, 0) is 14.8 Å². The van der Waals surface area contributed by atoms with E-state index in [1.807, 2.05) is 18.2 Å². The van der Waals surface area contributed by atoms with Gasteiger partial charge in [0.05, 0.1) is 16.3 Å². The van der Waals surface area contributed by atoms with Crippen LogP contribution in [0.4, 0.5) is 5.69 Å². The van der Waals surface area contributed by atoms with E-state index in [4.69, 9.17) is 0 Å². The summed E-state index contributed by atoms with van der Waals surface area (Å²) in [6, 6.07) is 16.0. The van der Waals surface area contributed by atoms with E-state index in [-0.39, 0.29) is 10.8 Å². The first-order valence-electron chi connectivity index (χ1n) is 10.5. The Bertz CT molecular complexity index is 907. The molecule has 0 bridgehead atoms. The molecule has 1 amide bonds. The molecule has 0 aromatic heterocycles. The molecular formula is C23H30N2O3S2. The van der Waals surface area contributed by atoms with Crippen LogP contribution in [-0.4, -0.2) is 33.2 Å². The van der Waals surface area contributed by atoms with Crippen LogP contribution in [0.3, 0.4) is 0 Å². The third-order valence-corrected chi connectivity index (χ3v) is 8.25. The summed E-state index contributed by atoms with van der Waals surface area (Å²) in [6.07, 6.45) is 8.34. The van der Waals surface area contributed by atoms with E-state index in [9.17, 15) is 13.2 Å². The highest BCUT2D eigenvalue weighted by molar-refractivity contribution is 8.00. The van der Waals surface area contributed by atoms with Gasteiger partial charge in [-0.3, -0.25) is 9.10 Å². The summed E-state index contributed by atoms with van der Waals surface area (Å²) >= 11 is 1.43. The Balaban J connectivity index is 1.54. The van der Waals surface area contributed by atoms with Crippen LogP contribution in [0, 0.1) is 0 Å². The zero-order valence-electron chi connectivity index (χ0n) is 17.4. The van der Waals surface area contributed by atoms with E-state index in [1.54, 1.807) is 43.4 Å². The van der Waals surface area contributed by atoms with Crippen molar-refractivity contribution in [2.45, 2.75) is 60.8 Å². The Labute approximate surface area is 184 Å². The quantitative estimate of drug-likeness (QED) is 0.619. The molecule has 0 spiro atoms. The molecule has 0 unspecified atom stereocenters. The molecule has 1 fully saturated rings. The molecule has 1 N–H and O–H groups in total. The van der Waals surface area contributed by atoms with Crippen LogP contribution in [0.2, 0.25) is 0 Å². The fraction of sp³-hybridized carbons (Fsp3) is 0.435. The molecule has 1 saturated carbocycles. The van der Waals surface area contributed by atoms with Crippen molar-refractivity contribution < 1.29 is 13.2 Å². The summed E-state index contributed by atoms with van der Waals surface area (Å²) in [6.45, 7) is 0. The molecule has 2 aromatic carbocycles. The minimum atomic E-state index is -3.62. The van der Waals surface area contributed by atoms with Crippen LogP contribution >= 0.6 is 11.8 Å². The Morgan fingerprint density at radius 2 is 1.57 bits per heavy atom. The lowest BCUT2D eigenvalue weighted by molar-refractivity contribution is -0.119. The number of anilines is 1. The van der Waals surface area contributed by atoms with Gasteiger partial charge in [-0.2, -0.15) is 0 Å². The first kappa shape index (κ1) is 22.7. The summed E-state index contributed by atoms with van der Waals surface area (Å²) in [5.74, 6) is 0.387. The number of rotatable bonds is 7. The van der Waals surface area contributed by atoms with Crippen molar-refractivity contribution in [2.75, 3.05) is 17.1 Å².